The number of urea groups is 1. The first-order valence-corrected chi connectivity index (χ1v) is 10.9. The van der Waals surface area contributed by atoms with Crippen LogP contribution in [-0.4, -0.2) is 50.5 Å². The van der Waals surface area contributed by atoms with E-state index in [-0.39, 0.29) is 18.5 Å². The number of rotatable bonds is 9. The number of nitrogens with zero attached hydrogens (tertiary/aromatic N) is 6. The molecule has 11 nitrogen and oxygen atoms in total. The lowest BCUT2D eigenvalue weighted by molar-refractivity contribution is -0.118. The first-order valence-electron chi connectivity index (χ1n) is 10.9. The van der Waals surface area contributed by atoms with Crippen molar-refractivity contribution in [2.45, 2.75) is 33.7 Å². The highest BCUT2D eigenvalue weighted by Gasteiger charge is 2.22. The first-order chi connectivity index (χ1) is 16.8. The number of aromatic nitrogens is 5. The molecule has 0 fully saturated rings. The molecule has 2 N–H and O–H groups in total. The van der Waals surface area contributed by atoms with Gasteiger partial charge < -0.3 is 15.4 Å². The van der Waals surface area contributed by atoms with Gasteiger partial charge in [0.2, 0.25) is 5.91 Å². The Morgan fingerprint density at radius 1 is 1.20 bits per heavy atom. The number of pyridine rings is 2. The van der Waals surface area contributed by atoms with Gasteiger partial charge in [0, 0.05) is 25.9 Å². The summed E-state index contributed by atoms with van der Waals surface area (Å²) < 4.78 is 5.08. The summed E-state index contributed by atoms with van der Waals surface area (Å²) >= 11 is 0. The number of carbonyl (C=O) groups excluding carboxylic acids is 2. The van der Waals surface area contributed by atoms with Crippen LogP contribution in [0.5, 0.6) is 6.01 Å². The van der Waals surface area contributed by atoms with Gasteiger partial charge in [-0.15, -0.1) is 0 Å². The molecule has 0 aliphatic carbocycles. The molecule has 0 radical (unpaired) electrons. The summed E-state index contributed by atoms with van der Waals surface area (Å²) in [5, 5.41) is 5.76. The Kier molecular flexibility index (Phi) is 8.38. The van der Waals surface area contributed by atoms with E-state index in [1.54, 1.807) is 24.5 Å². The topological polar surface area (TPSA) is 135 Å². The number of hydrogen-bond acceptors (Lipinski definition) is 8. The van der Waals surface area contributed by atoms with Crippen LogP contribution in [0.15, 0.2) is 37.4 Å². The van der Waals surface area contributed by atoms with Crippen molar-refractivity contribution in [1.29, 1.82) is 0 Å². The lowest BCUT2D eigenvalue weighted by Crippen LogP contribution is -2.36. The van der Waals surface area contributed by atoms with E-state index in [0.717, 1.165) is 16.7 Å². The van der Waals surface area contributed by atoms with E-state index in [0.29, 0.717) is 36.0 Å². The van der Waals surface area contributed by atoms with Gasteiger partial charge in [0.05, 0.1) is 25.0 Å². The van der Waals surface area contributed by atoms with Gasteiger partial charge in [-0.2, -0.15) is 9.97 Å². The van der Waals surface area contributed by atoms with Crippen molar-refractivity contribution in [2.75, 3.05) is 23.9 Å². The van der Waals surface area contributed by atoms with Crippen LogP contribution in [0.3, 0.4) is 0 Å². The summed E-state index contributed by atoms with van der Waals surface area (Å²) in [6.45, 7) is 9.53. The summed E-state index contributed by atoms with van der Waals surface area (Å²) in [5.41, 5.74) is 3.68. The molecule has 3 aromatic rings. The monoisotopic (exact) mass is 476 g/mol. The minimum absolute atomic E-state index is 0.0189. The molecule has 0 aromatic carbocycles. The van der Waals surface area contributed by atoms with E-state index in [2.05, 4.69) is 42.1 Å². The van der Waals surface area contributed by atoms with Gasteiger partial charge in [-0.25, -0.2) is 14.8 Å². The van der Waals surface area contributed by atoms with Crippen molar-refractivity contribution in [3.8, 4) is 6.01 Å². The molecule has 3 aromatic heterocycles. The predicted octanol–water partition coefficient (Wildman–Crippen LogP) is 2.85. The third kappa shape index (κ3) is 6.56. The molecule has 11 heteroatoms. The number of methoxy groups -OCH3 is 1. The first kappa shape index (κ1) is 25.2. The molecule has 3 rings (SSSR count). The van der Waals surface area contributed by atoms with Crippen LogP contribution in [0.1, 0.15) is 35.1 Å². The average molecular weight is 477 g/mol. The molecule has 3 amide bonds. The second-order valence-electron chi connectivity index (χ2n) is 7.71. The molecule has 0 aliphatic heterocycles. The number of nitrogens with one attached hydrogen (secondary N) is 2. The third-order valence-electron chi connectivity index (χ3n) is 5.11. The van der Waals surface area contributed by atoms with Gasteiger partial charge >= 0.3 is 12.0 Å². The molecule has 0 unspecified atom stereocenters. The second kappa shape index (κ2) is 11.6. The zero-order chi connectivity index (χ0) is 25.4. The van der Waals surface area contributed by atoms with E-state index < -0.39 is 6.03 Å². The zero-order valence-corrected chi connectivity index (χ0v) is 20.2. The van der Waals surface area contributed by atoms with Crippen LogP contribution in [0, 0.1) is 13.8 Å². The summed E-state index contributed by atoms with van der Waals surface area (Å²) in [5.74, 6) is 0.616. The van der Waals surface area contributed by atoms with E-state index in [4.69, 9.17) is 4.74 Å². The Labute approximate surface area is 203 Å². The van der Waals surface area contributed by atoms with E-state index in [1.807, 2.05) is 19.9 Å². The minimum atomic E-state index is -0.459. The molecule has 0 bridgehead atoms. The summed E-state index contributed by atoms with van der Waals surface area (Å²) in [6.07, 6.45) is 6.73. The highest BCUT2D eigenvalue weighted by atomic mass is 16.5. The number of hydrogen-bond donors (Lipinski definition) is 2. The van der Waals surface area contributed by atoms with Crippen LogP contribution < -0.4 is 20.3 Å². The molecular formula is C24H28N8O3. The van der Waals surface area contributed by atoms with Crippen molar-refractivity contribution < 1.29 is 14.3 Å². The molecule has 0 spiro atoms. The zero-order valence-electron chi connectivity index (χ0n) is 20.2. The van der Waals surface area contributed by atoms with Gasteiger partial charge in [-0.05, 0) is 55.2 Å². The fraction of sp³-hybridized carbons (Fsp3) is 0.292. The van der Waals surface area contributed by atoms with Crippen molar-refractivity contribution in [3.05, 3.63) is 65.6 Å². The Morgan fingerprint density at radius 2 is 2.00 bits per heavy atom. The number of ether oxygens (including phenoxy) is 1. The normalized spacial score (nSPS) is 10.4. The van der Waals surface area contributed by atoms with Crippen molar-refractivity contribution in [2.24, 2.45) is 0 Å². The van der Waals surface area contributed by atoms with E-state index in [1.165, 1.54) is 25.3 Å². The van der Waals surface area contributed by atoms with Crippen LogP contribution in [0.25, 0.3) is 6.08 Å². The highest BCUT2D eigenvalue weighted by Crippen LogP contribution is 2.26. The van der Waals surface area contributed by atoms with Crippen LogP contribution >= 0.6 is 0 Å². The molecule has 182 valence electrons. The Morgan fingerprint density at radius 3 is 2.69 bits per heavy atom. The van der Waals surface area contributed by atoms with Crippen LogP contribution in [-0.2, 0) is 17.8 Å². The smallest absolute Gasteiger partial charge is 0.328 e. The highest BCUT2D eigenvalue weighted by molar-refractivity contribution is 6.02. The lowest BCUT2D eigenvalue weighted by atomic mass is 10.0. The Bertz CT molecular complexity index is 1230. The average Bonchev–Trinajstić information content (AvgIpc) is 2.84. The number of aryl methyl sites for hydroxylation is 2. The number of carbonyl (C=O) groups is 2. The number of amides is 3. The third-order valence-corrected chi connectivity index (χ3v) is 5.11. The predicted molar refractivity (Wildman–Crippen MR) is 132 cm³/mol. The van der Waals surface area contributed by atoms with Gasteiger partial charge in [0.15, 0.2) is 5.82 Å². The van der Waals surface area contributed by atoms with Crippen LogP contribution in [0.4, 0.5) is 16.3 Å². The molecule has 3 heterocycles. The molecule has 0 saturated heterocycles. The fourth-order valence-corrected chi connectivity index (χ4v) is 3.37. The minimum Gasteiger partial charge on any atom is -0.467 e. The Hall–Kier alpha value is -4.41. The van der Waals surface area contributed by atoms with Gasteiger partial charge in [-0.3, -0.25) is 14.7 Å². The maximum Gasteiger partial charge on any atom is 0.328 e. The standard InChI is InChI=1S/C24H28N8O3/c1-6-19-22(18(16(3)12-27-19)8-10-25-17(4)33)31-24(34)32(21-11-15(2)7-9-26-21)13-20-28-14-29-23(30-20)35-5/h6-7,9,11-12,14H,1,8,10,13H2,2-5H3,(H,25,33)(H,31,34). The summed E-state index contributed by atoms with van der Waals surface area (Å²) in [4.78, 5) is 47.5. The van der Waals surface area contributed by atoms with Gasteiger partial charge in [-0.1, -0.05) is 6.58 Å². The summed E-state index contributed by atoms with van der Waals surface area (Å²) in [6, 6.07) is 3.31. The number of anilines is 2. The van der Waals surface area contributed by atoms with Gasteiger partial charge in [0.1, 0.15) is 12.1 Å². The van der Waals surface area contributed by atoms with Crippen molar-refractivity contribution >= 4 is 29.5 Å². The molecule has 35 heavy (non-hydrogen) atoms. The Balaban J connectivity index is 1.98. The second-order valence-corrected chi connectivity index (χ2v) is 7.71. The van der Waals surface area contributed by atoms with E-state index in [9.17, 15) is 9.59 Å². The van der Waals surface area contributed by atoms with E-state index >= 15 is 0 Å². The maximum atomic E-state index is 13.6. The molecular weight excluding hydrogens is 448 g/mol. The summed E-state index contributed by atoms with van der Waals surface area (Å²) in [7, 11) is 1.45. The fourth-order valence-electron chi connectivity index (χ4n) is 3.37. The quantitative estimate of drug-likeness (QED) is 0.481. The molecule has 0 aliphatic rings. The maximum absolute atomic E-state index is 13.6. The van der Waals surface area contributed by atoms with Gasteiger partial charge in [0.25, 0.3) is 0 Å². The van der Waals surface area contributed by atoms with Crippen LogP contribution in [0.2, 0.25) is 0 Å². The lowest BCUT2D eigenvalue weighted by Gasteiger charge is -2.24. The molecule has 0 atom stereocenters. The van der Waals surface area contributed by atoms with Crippen molar-refractivity contribution in [3.63, 3.8) is 0 Å². The molecule has 0 saturated carbocycles. The van der Waals surface area contributed by atoms with Crippen molar-refractivity contribution in [1.82, 2.24) is 30.2 Å². The SMILES string of the molecule is C=Cc1ncc(C)c(CCNC(C)=O)c1NC(=O)N(Cc1ncnc(OC)n1)c1cc(C)ccn1. The largest absolute Gasteiger partial charge is 0.467 e.